The minimum atomic E-state index is -4.47. The number of benzene rings is 1. The number of hydrogen-bond acceptors (Lipinski definition) is 5. The Morgan fingerprint density at radius 2 is 2.05 bits per heavy atom. The van der Waals surface area contributed by atoms with Gasteiger partial charge in [0, 0.05) is 18.3 Å². The first kappa shape index (κ1) is 15.7. The van der Waals surface area contributed by atoms with Gasteiger partial charge in [0.25, 0.3) is 0 Å². The minimum Gasteiger partial charge on any atom is -0.398 e. The molecule has 0 aliphatic rings. The van der Waals surface area contributed by atoms with Crippen LogP contribution in [0.1, 0.15) is 22.9 Å². The monoisotopic (exact) mass is 364 g/mol. The molecular formula is C11H12BrF3N6. The zero-order chi connectivity index (χ0) is 15.8. The Balaban J connectivity index is 2.58. The van der Waals surface area contributed by atoms with Crippen molar-refractivity contribution < 1.29 is 13.2 Å². The number of aromatic nitrogens is 3. The molecule has 10 heteroatoms. The average Bonchev–Trinajstić information content (AvgIpc) is 2.72. The lowest BCUT2D eigenvalue weighted by Crippen LogP contribution is -2.31. The highest BCUT2D eigenvalue weighted by atomic mass is 79.9. The second kappa shape index (κ2) is 5.62. The van der Waals surface area contributed by atoms with Crippen molar-refractivity contribution in [3.05, 3.63) is 39.6 Å². The van der Waals surface area contributed by atoms with Gasteiger partial charge in [0.1, 0.15) is 0 Å². The Bertz CT molecular complexity index is 634. The molecule has 0 saturated carbocycles. The van der Waals surface area contributed by atoms with Crippen molar-refractivity contribution in [3.8, 4) is 0 Å². The number of aryl methyl sites for hydroxylation is 1. The summed E-state index contributed by atoms with van der Waals surface area (Å²) in [5.74, 6) is 5.49. The Kier molecular flexibility index (Phi) is 4.21. The highest BCUT2D eigenvalue weighted by Gasteiger charge is 2.32. The van der Waals surface area contributed by atoms with Crippen LogP contribution in [-0.4, -0.2) is 15.0 Å². The minimum absolute atomic E-state index is 0.180. The van der Waals surface area contributed by atoms with Crippen LogP contribution in [0.2, 0.25) is 0 Å². The number of nitrogens with one attached hydrogen (secondary N) is 1. The summed E-state index contributed by atoms with van der Waals surface area (Å²) in [6, 6.07) is 2.28. The van der Waals surface area contributed by atoms with Crippen molar-refractivity contribution in [3.63, 3.8) is 0 Å². The summed E-state index contributed by atoms with van der Waals surface area (Å²) in [6.45, 7) is 0. The predicted octanol–water partition coefficient (Wildman–Crippen LogP) is 1.73. The first-order valence-electron chi connectivity index (χ1n) is 5.73. The summed E-state index contributed by atoms with van der Waals surface area (Å²) >= 11 is 3.19. The molecule has 0 amide bonds. The van der Waals surface area contributed by atoms with Gasteiger partial charge >= 0.3 is 6.18 Å². The quantitative estimate of drug-likeness (QED) is 0.438. The van der Waals surface area contributed by atoms with Crippen LogP contribution in [0.15, 0.2) is 22.8 Å². The van der Waals surface area contributed by atoms with Crippen molar-refractivity contribution in [1.29, 1.82) is 0 Å². The van der Waals surface area contributed by atoms with Crippen LogP contribution < -0.4 is 17.0 Å². The van der Waals surface area contributed by atoms with E-state index in [-0.39, 0.29) is 11.3 Å². The van der Waals surface area contributed by atoms with Gasteiger partial charge in [-0.2, -0.15) is 13.2 Å². The molecule has 5 N–H and O–H groups in total. The summed E-state index contributed by atoms with van der Waals surface area (Å²) in [6.07, 6.45) is -4.47. The van der Waals surface area contributed by atoms with Gasteiger partial charge in [-0.25, -0.2) is 10.1 Å². The van der Waals surface area contributed by atoms with Gasteiger partial charge < -0.3 is 5.73 Å². The van der Waals surface area contributed by atoms with E-state index in [0.717, 1.165) is 12.1 Å². The van der Waals surface area contributed by atoms with Crippen LogP contribution in [0, 0.1) is 0 Å². The molecule has 1 unspecified atom stereocenters. The summed E-state index contributed by atoms with van der Waals surface area (Å²) in [7, 11) is 1.60. The molecule has 0 fully saturated rings. The number of nitrogens with zero attached hydrogens (tertiary/aromatic N) is 3. The summed E-state index contributed by atoms with van der Waals surface area (Å²) in [5.41, 5.74) is 8.26. The number of hydrazine groups is 1. The normalized spacial score (nSPS) is 13.4. The van der Waals surface area contributed by atoms with E-state index in [9.17, 15) is 13.2 Å². The van der Waals surface area contributed by atoms with Crippen molar-refractivity contribution in [1.82, 2.24) is 20.4 Å². The van der Waals surface area contributed by atoms with E-state index >= 15 is 0 Å². The zero-order valence-electron chi connectivity index (χ0n) is 10.8. The van der Waals surface area contributed by atoms with Crippen LogP contribution >= 0.6 is 15.9 Å². The first-order chi connectivity index (χ1) is 9.75. The van der Waals surface area contributed by atoms with E-state index in [4.69, 9.17) is 11.6 Å². The fraction of sp³-hybridized carbons (Fsp3) is 0.273. The number of halogens is 4. The van der Waals surface area contributed by atoms with Gasteiger partial charge in [-0.3, -0.25) is 5.84 Å². The number of nitrogen functional groups attached to an aromatic ring is 1. The van der Waals surface area contributed by atoms with Crippen LogP contribution in [0.4, 0.5) is 18.9 Å². The lowest BCUT2D eigenvalue weighted by atomic mass is 9.99. The Morgan fingerprint density at radius 3 is 2.52 bits per heavy atom. The molecule has 6 nitrogen and oxygen atoms in total. The van der Waals surface area contributed by atoms with E-state index in [2.05, 4.69) is 31.7 Å². The number of rotatable bonds is 3. The molecule has 1 aromatic carbocycles. The molecular weight excluding hydrogens is 353 g/mol. The Hall–Kier alpha value is -1.65. The third kappa shape index (κ3) is 3.01. The van der Waals surface area contributed by atoms with Gasteiger partial charge in [0.05, 0.1) is 17.3 Å². The van der Waals surface area contributed by atoms with Crippen LogP contribution in [-0.2, 0) is 13.2 Å². The number of hydrogen-bond donors (Lipinski definition) is 3. The van der Waals surface area contributed by atoms with Crippen LogP contribution in [0.3, 0.4) is 0 Å². The second-order valence-corrected chi connectivity index (χ2v) is 5.08. The van der Waals surface area contributed by atoms with Crippen molar-refractivity contribution in [2.45, 2.75) is 12.2 Å². The average molecular weight is 365 g/mol. The van der Waals surface area contributed by atoms with Gasteiger partial charge in [-0.1, -0.05) is 5.21 Å². The van der Waals surface area contributed by atoms with Gasteiger partial charge in [-0.15, -0.1) is 5.10 Å². The van der Waals surface area contributed by atoms with E-state index in [1.807, 2.05) is 0 Å². The molecule has 0 aliphatic carbocycles. The molecule has 1 aromatic heterocycles. The number of nitrogens with two attached hydrogens (primary N) is 2. The predicted molar refractivity (Wildman–Crippen MR) is 73.7 cm³/mol. The van der Waals surface area contributed by atoms with E-state index in [1.165, 1.54) is 10.7 Å². The molecule has 0 spiro atoms. The fourth-order valence-corrected chi connectivity index (χ4v) is 2.52. The second-order valence-electron chi connectivity index (χ2n) is 4.33. The molecule has 2 rings (SSSR count). The van der Waals surface area contributed by atoms with Crippen molar-refractivity contribution in [2.24, 2.45) is 12.9 Å². The van der Waals surface area contributed by atoms with E-state index < -0.39 is 17.8 Å². The zero-order valence-corrected chi connectivity index (χ0v) is 12.4. The van der Waals surface area contributed by atoms with E-state index in [1.54, 1.807) is 7.05 Å². The van der Waals surface area contributed by atoms with Gasteiger partial charge in [-0.05, 0) is 34.1 Å². The smallest absolute Gasteiger partial charge is 0.398 e. The third-order valence-corrected chi connectivity index (χ3v) is 3.56. The highest BCUT2D eigenvalue weighted by molar-refractivity contribution is 9.10. The topological polar surface area (TPSA) is 94.8 Å². The molecule has 0 saturated heterocycles. The molecule has 2 aromatic rings. The molecule has 21 heavy (non-hydrogen) atoms. The fourth-order valence-electron chi connectivity index (χ4n) is 1.96. The van der Waals surface area contributed by atoms with E-state index in [0.29, 0.717) is 10.3 Å². The lowest BCUT2D eigenvalue weighted by Gasteiger charge is -2.20. The summed E-state index contributed by atoms with van der Waals surface area (Å²) in [5, 5.41) is 7.55. The molecule has 0 bridgehead atoms. The standard InChI is InChI=1S/C11H12BrF3N6/c1-21-9(10(12)19-20-21)8(18-17)6-4-5(11(13,14)15)2-3-7(6)16/h2-4,8,18H,16-17H2,1H3. The largest absolute Gasteiger partial charge is 0.416 e. The first-order valence-corrected chi connectivity index (χ1v) is 6.52. The lowest BCUT2D eigenvalue weighted by molar-refractivity contribution is -0.137. The maximum Gasteiger partial charge on any atom is 0.416 e. The third-order valence-electron chi connectivity index (χ3n) is 2.99. The number of anilines is 1. The van der Waals surface area contributed by atoms with Gasteiger partial charge in [0.15, 0.2) is 4.60 Å². The van der Waals surface area contributed by atoms with Crippen molar-refractivity contribution >= 4 is 21.6 Å². The Labute approximate surface area is 126 Å². The summed E-state index contributed by atoms with van der Waals surface area (Å²) < 4.78 is 40.3. The van der Waals surface area contributed by atoms with Crippen LogP contribution in [0.5, 0.6) is 0 Å². The summed E-state index contributed by atoms with van der Waals surface area (Å²) in [4.78, 5) is 0. The molecule has 1 atom stereocenters. The Morgan fingerprint density at radius 1 is 1.38 bits per heavy atom. The maximum atomic E-state index is 12.8. The highest BCUT2D eigenvalue weighted by Crippen LogP contribution is 2.35. The molecule has 0 radical (unpaired) electrons. The van der Waals surface area contributed by atoms with Crippen molar-refractivity contribution in [2.75, 3.05) is 5.73 Å². The van der Waals surface area contributed by atoms with Crippen LogP contribution in [0.25, 0.3) is 0 Å². The molecule has 1 heterocycles. The molecule has 0 aliphatic heterocycles. The maximum absolute atomic E-state index is 12.8. The SMILES string of the molecule is Cn1nnc(Br)c1C(NN)c1cc(C(F)(F)F)ccc1N. The number of alkyl halides is 3. The molecule has 114 valence electrons. The van der Waals surface area contributed by atoms with Gasteiger partial charge in [0.2, 0.25) is 0 Å².